The number of nitrogens with zero attached hydrogens (tertiary/aromatic N) is 11. The van der Waals surface area contributed by atoms with Crippen molar-refractivity contribution >= 4 is 217 Å². The molecule has 14 heterocycles. The Morgan fingerprint density at radius 1 is 0.235 bits per heavy atom. The second-order valence-electron chi connectivity index (χ2n) is 34.3. The average Bonchev–Trinajstić information content (AvgIpc) is 1.70. The fourth-order valence-corrected chi connectivity index (χ4v) is 19.4. The Morgan fingerprint density at radius 3 is 1.35 bits per heavy atom. The standard InChI is InChI=1S/2C9H7FS.C9H8S.3C8H7FN2.2C8H6FNO.2C8H6FNS.2C8H8N2.C8H7NO.C8H7NS/c1-6-4-9-7(2-3-11-9)5-8(6)10;1-6-2-3-7-4-5-11-9(7)8(6)10;1-7-2-3-8-4-5-10-9(8)6-7;1-5-2-7-8(3-6(5)9)11-4-10-7;1-5-2-8-6(3-7(5)9)4-10-11-8;1-5-2-3-6-8(7(5)9)11-4-10-6;1-5-2-8-7(3-6(5)9)10-4-11-8;1-5-2-3-6-8(7(5)9)11-4-10-6;1-5-2-8-7(3-6(5)9)10-4-11-8;1-5-2-3-6-8(7(5)9)11-4-10-6;1-6-2-3-7-8(4-6)10-5-9-7;1-6-2-3-7-5-9-10-8(7)4-6;2*1-6-2-3-7-8(4-6)10-5-9-7/h2*2-5H,1H3;2-6H,1H3;3*2-4H,1H3,(H,10,11);4*2-4H,1H3;2*2-5H,1H3,(H,9,10);2*2-5H,1H3. The first-order chi connectivity index (χ1) is 71.8. The molecule has 0 atom stereocenters. The van der Waals surface area contributed by atoms with E-state index >= 15 is 0 Å². The van der Waals surface area contributed by atoms with Crippen LogP contribution in [0.2, 0.25) is 0 Å². The van der Waals surface area contributed by atoms with E-state index in [9.17, 15) is 39.5 Å². The minimum atomic E-state index is -0.319. The summed E-state index contributed by atoms with van der Waals surface area (Å²) in [5, 5.41) is 24.7. The lowest BCUT2D eigenvalue weighted by molar-refractivity contribution is 0.550. The highest BCUT2D eigenvalue weighted by atomic mass is 32.1. The number of hydrogen-bond donors (Lipinski definition) is 5. The predicted molar refractivity (Wildman–Crippen MR) is 593 cm³/mol. The molecule has 149 heavy (non-hydrogen) atoms. The zero-order chi connectivity index (χ0) is 105. The lowest BCUT2D eigenvalue weighted by Gasteiger charge is -1.95. The van der Waals surface area contributed by atoms with Crippen LogP contribution in [0.15, 0.2) is 315 Å². The van der Waals surface area contributed by atoms with Crippen LogP contribution in [0.25, 0.3) is 149 Å². The van der Waals surface area contributed by atoms with Gasteiger partial charge in [0, 0.05) is 38.4 Å². The molecule has 754 valence electrons. The third kappa shape index (κ3) is 28.1. The zero-order valence-corrected chi connectivity index (χ0v) is 87.8. The van der Waals surface area contributed by atoms with Crippen LogP contribution in [-0.2, 0) is 0 Å². The molecular formula is C115H97F9N16O3S6. The van der Waals surface area contributed by atoms with Crippen LogP contribution in [0.5, 0.6) is 0 Å². The molecule has 5 N–H and O–H groups in total. The van der Waals surface area contributed by atoms with Crippen LogP contribution in [0, 0.1) is 149 Å². The Labute approximate surface area is 872 Å². The summed E-state index contributed by atoms with van der Waals surface area (Å²) in [6.07, 6.45) is 12.2. The third-order valence-electron chi connectivity index (χ3n) is 22.9. The molecule has 28 rings (SSSR count). The van der Waals surface area contributed by atoms with Crippen molar-refractivity contribution in [1.29, 1.82) is 0 Å². The fraction of sp³-hybridized carbons (Fsp3) is 0.122. The van der Waals surface area contributed by atoms with Crippen molar-refractivity contribution < 1.29 is 52.8 Å². The van der Waals surface area contributed by atoms with Gasteiger partial charge < -0.3 is 28.2 Å². The second kappa shape index (κ2) is 50.2. The number of aromatic nitrogens is 16. The first-order valence-electron chi connectivity index (χ1n) is 46.1. The number of thiazole rings is 3. The van der Waals surface area contributed by atoms with Crippen LogP contribution >= 0.6 is 68.0 Å². The van der Waals surface area contributed by atoms with Crippen molar-refractivity contribution in [2.75, 3.05) is 0 Å². The van der Waals surface area contributed by atoms with Crippen molar-refractivity contribution in [2.45, 2.75) is 96.9 Å². The summed E-state index contributed by atoms with van der Waals surface area (Å²) in [7, 11) is 0. The number of imidazole rings is 3. The van der Waals surface area contributed by atoms with E-state index in [0.29, 0.717) is 71.3 Å². The van der Waals surface area contributed by atoms with Gasteiger partial charge in [-0.15, -0.1) is 68.0 Å². The Bertz CT molecular complexity index is 7980. The molecule has 0 aliphatic heterocycles. The maximum atomic E-state index is 13.2. The fourth-order valence-electron chi connectivity index (χ4n) is 14.4. The maximum absolute atomic E-state index is 13.2. The number of hydrogen-bond acceptors (Lipinski definition) is 20. The molecule has 0 aliphatic rings. The molecule has 19 nitrogen and oxygen atoms in total. The normalized spacial score (nSPS) is 10.7. The summed E-state index contributed by atoms with van der Waals surface area (Å²) >= 11 is 9.46. The van der Waals surface area contributed by atoms with E-state index in [1.165, 1.54) is 132 Å². The smallest absolute Gasteiger partial charge is 0.190 e. The van der Waals surface area contributed by atoms with Gasteiger partial charge in [-0.2, -0.15) is 10.2 Å². The highest BCUT2D eigenvalue weighted by molar-refractivity contribution is 7.18. The molecule has 0 saturated carbocycles. The van der Waals surface area contributed by atoms with Gasteiger partial charge in [-0.1, -0.05) is 72.8 Å². The molecular weight excluding hydrogens is 2020 g/mol. The number of thiophene rings is 3. The molecule has 14 aromatic heterocycles. The van der Waals surface area contributed by atoms with Gasteiger partial charge >= 0.3 is 0 Å². The summed E-state index contributed by atoms with van der Waals surface area (Å²) in [4.78, 5) is 44.5. The van der Waals surface area contributed by atoms with E-state index in [1.54, 1.807) is 175 Å². The first kappa shape index (κ1) is 107. The van der Waals surface area contributed by atoms with Crippen LogP contribution in [0.1, 0.15) is 77.9 Å². The van der Waals surface area contributed by atoms with Gasteiger partial charge in [-0.25, -0.2) is 84.4 Å². The Morgan fingerprint density at radius 2 is 0.651 bits per heavy atom. The molecule has 0 amide bonds. The molecule has 34 heteroatoms. The van der Waals surface area contributed by atoms with E-state index in [-0.39, 0.29) is 57.9 Å². The molecule has 0 saturated heterocycles. The number of rotatable bonds is 0. The predicted octanol–water partition coefficient (Wildman–Crippen LogP) is 34.5. The van der Waals surface area contributed by atoms with Gasteiger partial charge in [-0.05, 0) is 335 Å². The molecule has 14 aromatic carbocycles. The molecule has 0 radical (unpaired) electrons. The molecule has 0 aliphatic carbocycles. The number of aromatic amines is 5. The summed E-state index contributed by atoms with van der Waals surface area (Å²) in [5.74, 6) is -1.68. The van der Waals surface area contributed by atoms with E-state index in [2.05, 4.69) is 186 Å². The quantitative estimate of drug-likeness (QED) is 0.0885. The number of H-pyrrole nitrogens is 5. The van der Waals surface area contributed by atoms with Gasteiger partial charge in [0.25, 0.3) is 0 Å². The average molecular weight is 2110 g/mol. The summed E-state index contributed by atoms with van der Waals surface area (Å²) in [5.41, 5.74) is 30.7. The number of fused-ring (bicyclic) bond motifs is 14. The summed E-state index contributed by atoms with van der Waals surface area (Å²) in [6.45, 7) is 26.1. The largest absolute Gasteiger partial charge is 0.443 e. The van der Waals surface area contributed by atoms with Crippen LogP contribution in [-0.4, -0.2) is 80.2 Å². The van der Waals surface area contributed by atoms with Gasteiger partial charge in [-0.3, -0.25) is 10.2 Å². The highest BCUT2D eigenvalue weighted by Crippen LogP contribution is 2.31. The van der Waals surface area contributed by atoms with Gasteiger partial charge in [0.15, 0.2) is 47.6 Å². The van der Waals surface area contributed by atoms with E-state index in [1.807, 2.05) is 102 Å². The molecule has 0 fully saturated rings. The monoisotopic (exact) mass is 2110 g/mol. The number of benzene rings is 14. The zero-order valence-electron chi connectivity index (χ0n) is 82.9. The van der Waals surface area contributed by atoms with Gasteiger partial charge in [0.2, 0.25) is 0 Å². The van der Waals surface area contributed by atoms with Gasteiger partial charge in [0.05, 0.1) is 122 Å². The molecule has 28 aromatic rings. The number of halogens is 9. The maximum Gasteiger partial charge on any atom is 0.190 e. The molecule has 0 spiro atoms. The van der Waals surface area contributed by atoms with Crippen molar-refractivity contribution in [3.8, 4) is 0 Å². The minimum Gasteiger partial charge on any atom is -0.443 e. The number of aryl methyl sites for hydroxylation is 14. The Hall–Kier alpha value is -16.2. The van der Waals surface area contributed by atoms with Crippen LogP contribution < -0.4 is 0 Å². The second-order valence-corrected chi connectivity index (χ2v) is 39.7. The molecule has 0 unspecified atom stereocenters. The van der Waals surface area contributed by atoms with Gasteiger partial charge in [0.1, 0.15) is 62.8 Å². The van der Waals surface area contributed by atoms with Crippen LogP contribution in [0.3, 0.4) is 0 Å². The highest BCUT2D eigenvalue weighted by Gasteiger charge is 2.13. The Kier molecular flexibility index (Phi) is 36.1. The van der Waals surface area contributed by atoms with Crippen molar-refractivity contribution in [2.24, 2.45) is 0 Å². The van der Waals surface area contributed by atoms with E-state index in [4.69, 9.17) is 13.3 Å². The minimum absolute atomic E-state index is 0.0718. The lowest BCUT2D eigenvalue weighted by Crippen LogP contribution is -1.82. The first-order valence-corrected chi connectivity index (χ1v) is 51.4. The van der Waals surface area contributed by atoms with Crippen molar-refractivity contribution in [1.82, 2.24) is 80.2 Å². The summed E-state index contributed by atoms with van der Waals surface area (Å²) < 4.78 is 138. The lowest BCUT2D eigenvalue weighted by atomic mass is 10.2. The SMILES string of the molecule is Cc1cc2[nH]cnc2cc1F.Cc1cc2[nH]ncc2cc1F.Cc1cc2ocnc2cc1F.Cc1cc2sccc2cc1F.Cc1cc2scnc2cc1F.Cc1ccc2[nH]cnc2c1F.Cc1ccc2ccsc2c1.Cc1ccc2ccsc2c1F.Cc1ccc2cn[nH]c2c1.Cc1ccc2nc[nH]c2c1.Cc1ccc2ncoc2c1.Cc1ccc2ncoc2c1F.Cc1ccc2ncsc2c1.Cc1ccc2ncsc2c1F. The van der Waals surface area contributed by atoms with Crippen molar-refractivity contribution in [3.63, 3.8) is 0 Å². The van der Waals surface area contributed by atoms with Crippen molar-refractivity contribution in [3.05, 3.63) is 432 Å². The third-order valence-corrected chi connectivity index (χ3v) is 28.0. The molecule has 0 bridgehead atoms. The summed E-state index contributed by atoms with van der Waals surface area (Å²) in [6, 6.07) is 67.7. The topological polar surface area (TPSA) is 260 Å². The Balaban J connectivity index is 0.000000120. The van der Waals surface area contributed by atoms with E-state index in [0.717, 1.165) is 102 Å². The number of nitrogens with one attached hydrogen (secondary N) is 5. The number of oxazole rings is 3. The van der Waals surface area contributed by atoms with Crippen LogP contribution in [0.4, 0.5) is 39.5 Å². The van der Waals surface area contributed by atoms with E-state index < -0.39 is 0 Å².